The number of amides is 1. The van der Waals surface area contributed by atoms with Crippen molar-refractivity contribution in [3.8, 4) is 5.75 Å². The normalized spacial score (nSPS) is 11.0. The highest BCUT2D eigenvalue weighted by Crippen LogP contribution is 2.21. The summed E-state index contributed by atoms with van der Waals surface area (Å²) in [6, 6.07) is 6.51. The van der Waals surface area contributed by atoms with Gasteiger partial charge in [0.15, 0.2) is 0 Å². The molecule has 0 atom stereocenters. The van der Waals surface area contributed by atoms with Gasteiger partial charge in [-0.2, -0.15) is 0 Å². The van der Waals surface area contributed by atoms with Crippen LogP contribution in [0.4, 0.5) is 5.13 Å². The highest BCUT2D eigenvalue weighted by molar-refractivity contribution is 7.93. The van der Waals surface area contributed by atoms with Gasteiger partial charge in [-0.1, -0.05) is 30.9 Å². The zero-order valence-electron chi connectivity index (χ0n) is 12.4. The van der Waals surface area contributed by atoms with Crippen molar-refractivity contribution in [3.05, 3.63) is 42.5 Å². The van der Waals surface area contributed by atoms with Crippen LogP contribution >= 0.6 is 11.3 Å². The first-order valence-electron chi connectivity index (χ1n) is 6.67. The van der Waals surface area contributed by atoms with Gasteiger partial charge < -0.3 is 4.74 Å². The maximum atomic E-state index is 12.1. The van der Waals surface area contributed by atoms with E-state index in [-0.39, 0.29) is 15.2 Å². The van der Waals surface area contributed by atoms with Crippen LogP contribution in [0.3, 0.4) is 0 Å². The molecule has 1 aromatic heterocycles. The number of carbonyl (C=O) groups excluding carboxylic acids is 1. The maximum Gasteiger partial charge on any atom is 0.257 e. The van der Waals surface area contributed by atoms with E-state index in [1.54, 1.807) is 30.3 Å². The van der Waals surface area contributed by atoms with Crippen molar-refractivity contribution >= 4 is 32.2 Å². The summed E-state index contributed by atoms with van der Waals surface area (Å²) in [6.07, 6.45) is 1.62. The minimum Gasteiger partial charge on any atom is -0.490 e. The molecule has 0 saturated carbocycles. The van der Waals surface area contributed by atoms with Gasteiger partial charge in [-0.25, -0.2) is 8.42 Å². The fraction of sp³-hybridized carbons (Fsp3) is 0.214. The van der Waals surface area contributed by atoms with Gasteiger partial charge in [0.25, 0.3) is 5.91 Å². The molecule has 0 saturated heterocycles. The monoisotopic (exact) mass is 353 g/mol. The Morgan fingerprint density at radius 3 is 2.65 bits per heavy atom. The summed E-state index contributed by atoms with van der Waals surface area (Å²) in [5.74, 6) is 0.146. The van der Waals surface area contributed by atoms with E-state index in [1.807, 2.05) is 0 Å². The number of benzene rings is 1. The molecule has 2 aromatic rings. The summed E-state index contributed by atoms with van der Waals surface area (Å²) < 4.78 is 28.6. The molecule has 1 N–H and O–H groups in total. The third kappa shape index (κ3) is 4.36. The van der Waals surface area contributed by atoms with Crippen molar-refractivity contribution < 1.29 is 17.9 Å². The third-order valence-corrected chi connectivity index (χ3v) is 5.78. The molecule has 2 rings (SSSR count). The zero-order valence-corrected chi connectivity index (χ0v) is 14.0. The van der Waals surface area contributed by atoms with E-state index >= 15 is 0 Å². The number of hydrogen-bond donors (Lipinski definition) is 1. The average Bonchev–Trinajstić information content (AvgIpc) is 3.02. The van der Waals surface area contributed by atoms with Crippen LogP contribution in [0, 0.1) is 0 Å². The summed E-state index contributed by atoms with van der Waals surface area (Å²) in [7, 11) is -3.42. The van der Waals surface area contributed by atoms with Crippen LogP contribution in [-0.4, -0.2) is 36.9 Å². The number of nitrogens with one attached hydrogen (secondary N) is 1. The smallest absolute Gasteiger partial charge is 0.257 e. The van der Waals surface area contributed by atoms with Crippen LogP contribution in [0.1, 0.15) is 17.3 Å². The van der Waals surface area contributed by atoms with Gasteiger partial charge in [0.2, 0.25) is 19.3 Å². The molecule has 1 heterocycles. The van der Waals surface area contributed by atoms with Crippen molar-refractivity contribution in [1.82, 2.24) is 10.2 Å². The Bertz CT molecular complexity index is 798. The maximum absolute atomic E-state index is 12.1. The molecule has 122 valence electrons. The average molecular weight is 353 g/mol. The lowest BCUT2D eigenvalue weighted by atomic mass is 10.2. The number of sulfone groups is 1. The van der Waals surface area contributed by atoms with E-state index in [0.29, 0.717) is 17.9 Å². The number of carbonyl (C=O) groups is 1. The Kier molecular flexibility index (Phi) is 5.45. The van der Waals surface area contributed by atoms with Gasteiger partial charge in [0, 0.05) is 5.56 Å². The standard InChI is InChI=1S/C14H15N3O4S2/c1-3-9-21-11-7-5-10(6-8-11)12(18)15-13-16-17-14(22-13)23(19,20)4-2/h3,5-8H,1,4,9H2,2H3,(H,15,16,18). The number of ether oxygens (including phenoxy) is 1. The number of hydrogen-bond acceptors (Lipinski definition) is 7. The molecule has 0 radical (unpaired) electrons. The van der Waals surface area contributed by atoms with Crippen molar-refractivity contribution in [2.75, 3.05) is 17.7 Å². The van der Waals surface area contributed by atoms with Crippen molar-refractivity contribution in [3.63, 3.8) is 0 Å². The van der Waals surface area contributed by atoms with E-state index in [1.165, 1.54) is 6.92 Å². The molecular weight excluding hydrogens is 338 g/mol. The molecule has 1 aromatic carbocycles. The van der Waals surface area contributed by atoms with Crippen LogP contribution in [-0.2, 0) is 9.84 Å². The van der Waals surface area contributed by atoms with Gasteiger partial charge in [-0.3, -0.25) is 10.1 Å². The number of rotatable bonds is 7. The Labute approximate surface area is 137 Å². The summed E-state index contributed by atoms with van der Waals surface area (Å²) in [5.41, 5.74) is 0.394. The SMILES string of the molecule is C=CCOc1ccc(C(=O)Nc2nnc(S(=O)(=O)CC)s2)cc1. The molecule has 0 aliphatic rings. The Balaban J connectivity index is 2.06. The molecule has 23 heavy (non-hydrogen) atoms. The van der Waals surface area contributed by atoms with Gasteiger partial charge in [-0.05, 0) is 24.3 Å². The highest BCUT2D eigenvalue weighted by Gasteiger charge is 2.19. The van der Waals surface area contributed by atoms with Gasteiger partial charge >= 0.3 is 0 Å². The second-order valence-corrected chi connectivity index (χ2v) is 7.78. The molecule has 0 aliphatic carbocycles. The minimum absolute atomic E-state index is 0.0677. The van der Waals surface area contributed by atoms with E-state index in [9.17, 15) is 13.2 Å². The number of nitrogens with zero attached hydrogens (tertiary/aromatic N) is 2. The summed E-state index contributed by atoms with van der Waals surface area (Å²) in [6.45, 7) is 5.45. The quantitative estimate of drug-likeness (QED) is 0.605. The predicted octanol–water partition coefficient (Wildman–Crippen LogP) is 2.15. The molecule has 0 aliphatic heterocycles. The van der Waals surface area contributed by atoms with E-state index in [2.05, 4.69) is 22.1 Å². The number of anilines is 1. The van der Waals surface area contributed by atoms with Crippen LogP contribution in [0.2, 0.25) is 0 Å². The largest absolute Gasteiger partial charge is 0.490 e. The first-order chi connectivity index (χ1) is 11.0. The summed E-state index contributed by atoms with van der Waals surface area (Å²) in [4.78, 5) is 12.1. The van der Waals surface area contributed by atoms with E-state index in [0.717, 1.165) is 11.3 Å². The molecular formula is C14H15N3O4S2. The lowest BCUT2D eigenvalue weighted by Gasteiger charge is -2.04. The minimum atomic E-state index is -3.42. The molecule has 0 spiro atoms. The van der Waals surface area contributed by atoms with Crippen LogP contribution in [0.25, 0.3) is 0 Å². The Morgan fingerprint density at radius 1 is 1.35 bits per heavy atom. The summed E-state index contributed by atoms with van der Waals surface area (Å²) in [5, 5.41) is 9.92. The molecule has 9 heteroatoms. The molecule has 1 amide bonds. The lowest BCUT2D eigenvalue weighted by molar-refractivity contribution is 0.102. The molecule has 0 bridgehead atoms. The van der Waals surface area contributed by atoms with Gasteiger partial charge in [0.1, 0.15) is 12.4 Å². The summed E-state index contributed by atoms with van der Waals surface area (Å²) >= 11 is 0.824. The Morgan fingerprint density at radius 2 is 2.04 bits per heavy atom. The lowest BCUT2D eigenvalue weighted by Crippen LogP contribution is -2.11. The fourth-order valence-corrected chi connectivity index (χ4v) is 3.52. The third-order valence-electron chi connectivity index (χ3n) is 2.76. The second-order valence-electron chi connectivity index (χ2n) is 4.35. The molecule has 0 unspecified atom stereocenters. The van der Waals surface area contributed by atoms with E-state index in [4.69, 9.17) is 4.74 Å². The fourth-order valence-electron chi connectivity index (χ4n) is 1.54. The van der Waals surface area contributed by atoms with Crippen molar-refractivity contribution in [1.29, 1.82) is 0 Å². The predicted molar refractivity (Wildman–Crippen MR) is 87.7 cm³/mol. The van der Waals surface area contributed by atoms with Gasteiger partial charge in [-0.15, -0.1) is 10.2 Å². The number of aromatic nitrogens is 2. The highest BCUT2D eigenvalue weighted by atomic mass is 32.2. The van der Waals surface area contributed by atoms with Crippen LogP contribution in [0.15, 0.2) is 41.3 Å². The van der Waals surface area contributed by atoms with Crippen molar-refractivity contribution in [2.24, 2.45) is 0 Å². The Hall–Kier alpha value is -2.26. The van der Waals surface area contributed by atoms with Crippen LogP contribution in [0.5, 0.6) is 5.75 Å². The van der Waals surface area contributed by atoms with Gasteiger partial charge in [0.05, 0.1) is 5.75 Å². The first-order valence-corrected chi connectivity index (χ1v) is 9.14. The first kappa shape index (κ1) is 17.1. The molecule has 7 nitrogen and oxygen atoms in total. The zero-order chi connectivity index (χ0) is 16.9. The van der Waals surface area contributed by atoms with Crippen molar-refractivity contribution in [2.45, 2.75) is 11.3 Å². The molecule has 0 fully saturated rings. The topological polar surface area (TPSA) is 98.2 Å². The van der Waals surface area contributed by atoms with Crippen LogP contribution < -0.4 is 10.1 Å². The van der Waals surface area contributed by atoms with E-state index < -0.39 is 15.7 Å². The second kappa shape index (κ2) is 7.34.